The van der Waals surface area contributed by atoms with Crippen molar-refractivity contribution in [3.8, 4) is 0 Å². The second kappa shape index (κ2) is 7.10. The molecule has 106 valence electrons. The molecular formula is C14H28N2O2. The number of hydrogen-bond donors (Lipinski definition) is 2. The van der Waals surface area contributed by atoms with E-state index in [2.05, 4.69) is 17.1 Å². The first-order valence-electron chi connectivity index (χ1n) is 7.26. The fourth-order valence-electron chi connectivity index (χ4n) is 2.95. The van der Waals surface area contributed by atoms with Crippen LogP contribution in [0.3, 0.4) is 0 Å². The zero-order valence-electron chi connectivity index (χ0n) is 12.0. The van der Waals surface area contributed by atoms with Crippen molar-refractivity contribution in [2.24, 2.45) is 0 Å². The van der Waals surface area contributed by atoms with Gasteiger partial charge in [-0.3, -0.25) is 4.79 Å². The summed E-state index contributed by atoms with van der Waals surface area (Å²) in [7, 11) is 0. The van der Waals surface area contributed by atoms with Gasteiger partial charge in [0.05, 0.1) is 0 Å². The fraction of sp³-hybridized carbons (Fsp3) is 0.929. The minimum absolute atomic E-state index is 0.698. The van der Waals surface area contributed by atoms with Crippen molar-refractivity contribution < 1.29 is 9.90 Å². The molecule has 2 atom stereocenters. The van der Waals surface area contributed by atoms with E-state index < -0.39 is 11.5 Å². The zero-order chi connectivity index (χ0) is 13.6. The van der Waals surface area contributed by atoms with Gasteiger partial charge in [0.15, 0.2) is 0 Å². The maximum atomic E-state index is 11.3. The third kappa shape index (κ3) is 3.95. The first-order chi connectivity index (χ1) is 8.53. The molecule has 0 aromatic rings. The summed E-state index contributed by atoms with van der Waals surface area (Å²) in [6, 6.07) is 0.722. The second-order valence-corrected chi connectivity index (χ2v) is 5.51. The van der Waals surface area contributed by atoms with Crippen LogP contribution in [-0.4, -0.2) is 47.2 Å². The van der Waals surface area contributed by atoms with Crippen molar-refractivity contribution in [1.82, 2.24) is 10.2 Å². The average Bonchev–Trinajstić information content (AvgIpc) is 2.76. The van der Waals surface area contributed by atoms with Gasteiger partial charge in [0.2, 0.25) is 0 Å². The van der Waals surface area contributed by atoms with E-state index >= 15 is 0 Å². The van der Waals surface area contributed by atoms with Crippen molar-refractivity contribution in [2.45, 2.75) is 64.5 Å². The highest BCUT2D eigenvalue weighted by Crippen LogP contribution is 2.21. The quantitative estimate of drug-likeness (QED) is 0.698. The maximum absolute atomic E-state index is 11.3. The summed E-state index contributed by atoms with van der Waals surface area (Å²) < 4.78 is 0. The van der Waals surface area contributed by atoms with Crippen LogP contribution in [0.25, 0.3) is 0 Å². The molecule has 2 N–H and O–H groups in total. The van der Waals surface area contributed by atoms with Crippen LogP contribution in [0.4, 0.5) is 0 Å². The molecule has 0 bridgehead atoms. The Morgan fingerprint density at radius 2 is 2.22 bits per heavy atom. The molecular weight excluding hydrogens is 228 g/mol. The number of hydrogen-bond acceptors (Lipinski definition) is 3. The fourth-order valence-corrected chi connectivity index (χ4v) is 2.95. The smallest absolute Gasteiger partial charge is 0.323 e. The number of likely N-dealkylation sites (tertiary alicyclic amines) is 1. The number of rotatable bonds is 8. The van der Waals surface area contributed by atoms with E-state index in [0.29, 0.717) is 13.0 Å². The molecule has 0 saturated carbocycles. The highest BCUT2D eigenvalue weighted by atomic mass is 16.4. The Labute approximate surface area is 111 Å². The summed E-state index contributed by atoms with van der Waals surface area (Å²) in [5.41, 5.74) is -0.768. The van der Waals surface area contributed by atoms with E-state index in [1.54, 1.807) is 6.92 Å². The lowest BCUT2D eigenvalue weighted by molar-refractivity contribution is -0.144. The number of nitrogens with one attached hydrogen (secondary N) is 1. The van der Waals surface area contributed by atoms with Crippen LogP contribution in [0.5, 0.6) is 0 Å². The minimum atomic E-state index is -0.768. The van der Waals surface area contributed by atoms with Crippen molar-refractivity contribution in [3.05, 3.63) is 0 Å². The lowest BCUT2D eigenvalue weighted by Crippen LogP contribution is -2.49. The zero-order valence-corrected chi connectivity index (χ0v) is 12.0. The Morgan fingerprint density at radius 1 is 1.50 bits per heavy atom. The van der Waals surface area contributed by atoms with Gasteiger partial charge in [-0.1, -0.05) is 13.8 Å². The van der Waals surface area contributed by atoms with Crippen LogP contribution in [0.15, 0.2) is 0 Å². The standard InChI is InChI=1S/C14H28N2O2/c1-4-12-8-6-10-16(12)11-7-9-14(3,13(17)18)15-5-2/h12,15H,4-11H2,1-3H3,(H,17,18). The summed E-state index contributed by atoms with van der Waals surface area (Å²) in [5.74, 6) is -0.738. The number of carboxylic acids is 1. The molecule has 0 spiro atoms. The number of likely N-dealkylation sites (N-methyl/N-ethyl adjacent to an activating group) is 1. The molecule has 0 aliphatic carbocycles. The molecule has 1 saturated heterocycles. The van der Waals surface area contributed by atoms with Crippen LogP contribution in [0.1, 0.15) is 52.9 Å². The van der Waals surface area contributed by atoms with E-state index in [9.17, 15) is 9.90 Å². The normalized spacial score (nSPS) is 24.1. The highest BCUT2D eigenvalue weighted by molar-refractivity contribution is 5.78. The number of carboxylic acid groups (broad SMARTS) is 1. The Balaban J connectivity index is 2.37. The monoisotopic (exact) mass is 256 g/mol. The first-order valence-corrected chi connectivity index (χ1v) is 7.26. The molecule has 0 radical (unpaired) electrons. The molecule has 2 unspecified atom stereocenters. The Bertz CT molecular complexity index is 271. The average molecular weight is 256 g/mol. The van der Waals surface area contributed by atoms with E-state index in [-0.39, 0.29) is 0 Å². The van der Waals surface area contributed by atoms with E-state index in [4.69, 9.17) is 0 Å². The Kier molecular flexibility index (Phi) is 6.09. The van der Waals surface area contributed by atoms with Gasteiger partial charge < -0.3 is 15.3 Å². The van der Waals surface area contributed by atoms with Gasteiger partial charge in [-0.25, -0.2) is 0 Å². The molecule has 18 heavy (non-hydrogen) atoms. The topological polar surface area (TPSA) is 52.6 Å². The molecule has 4 heteroatoms. The predicted molar refractivity (Wildman–Crippen MR) is 73.8 cm³/mol. The van der Waals surface area contributed by atoms with Gasteiger partial charge in [0.1, 0.15) is 5.54 Å². The molecule has 1 heterocycles. The number of aliphatic carboxylic acids is 1. The molecule has 4 nitrogen and oxygen atoms in total. The Hall–Kier alpha value is -0.610. The second-order valence-electron chi connectivity index (χ2n) is 5.51. The van der Waals surface area contributed by atoms with E-state index in [0.717, 1.165) is 19.0 Å². The lowest BCUT2D eigenvalue weighted by atomic mass is 9.95. The van der Waals surface area contributed by atoms with Gasteiger partial charge >= 0.3 is 5.97 Å². The van der Waals surface area contributed by atoms with E-state index in [1.165, 1.54) is 25.8 Å². The molecule has 1 aliphatic rings. The van der Waals surface area contributed by atoms with Gasteiger partial charge in [0, 0.05) is 6.04 Å². The number of nitrogens with zero attached hydrogens (tertiary/aromatic N) is 1. The highest BCUT2D eigenvalue weighted by Gasteiger charge is 2.32. The summed E-state index contributed by atoms with van der Waals surface area (Å²) in [6.07, 6.45) is 5.46. The molecule has 1 fully saturated rings. The Morgan fingerprint density at radius 3 is 2.78 bits per heavy atom. The summed E-state index contributed by atoms with van der Waals surface area (Å²) in [5, 5.41) is 12.4. The third-order valence-corrected chi connectivity index (χ3v) is 4.13. The van der Waals surface area contributed by atoms with Gasteiger partial charge in [0.25, 0.3) is 0 Å². The SMILES string of the molecule is CCNC(C)(CCCN1CCCC1CC)C(=O)O. The summed E-state index contributed by atoms with van der Waals surface area (Å²) >= 11 is 0. The minimum Gasteiger partial charge on any atom is -0.480 e. The molecule has 0 aromatic carbocycles. The number of carbonyl (C=O) groups is 1. The van der Waals surface area contributed by atoms with Crippen LogP contribution in [0, 0.1) is 0 Å². The molecule has 0 aromatic heterocycles. The van der Waals surface area contributed by atoms with E-state index in [1.807, 2.05) is 6.92 Å². The molecule has 1 aliphatic heterocycles. The van der Waals surface area contributed by atoms with Gasteiger partial charge in [-0.2, -0.15) is 0 Å². The lowest BCUT2D eigenvalue weighted by Gasteiger charge is -2.28. The van der Waals surface area contributed by atoms with Gasteiger partial charge in [-0.05, 0) is 58.7 Å². The predicted octanol–water partition coefficient (Wildman–Crippen LogP) is 2.09. The van der Waals surface area contributed by atoms with Crippen molar-refractivity contribution in [2.75, 3.05) is 19.6 Å². The largest absolute Gasteiger partial charge is 0.480 e. The van der Waals surface area contributed by atoms with Crippen molar-refractivity contribution in [3.63, 3.8) is 0 Å². The van der Waals surface area contributed by atoms with Crippen molar-refractivity contribution in [1.29, 1.82) is 0 Å². The van der Waals surface area contributed by atoms with Crippen molar-refractivity contribution >= 4 is 5.97 Å². The van der Waals surface area contributed by atoms with Crippen LogP contribution in [-0.2, 0) is 4.79 Å². The third-order valence-electron chi connectivity index (χ3n) is 4.13. The summed E-state index contributed by atoms with van der Waals surface area (Å²) in [4.78, 5) is 13.8. The molecule has 0 amide bonds. The first kappa shape index (κ1) is 15.4. The van der Waals surface area contributed by atoms with Crippen LogP contribution >= 0.6 is 0 Å². The van der Waals surface area contributed by atoms with Gasteiger partial charge in [-0.15, -0.1) is 0 Å². The van der Waals surface area contributed by atoms with Crippen LogP contribution < -0.4 is 5.32 Å². The van der Waals surface area contributed by atoms with Crippen LogP contribution in [0.2, 0.25) is 0 Å². The molecule has 1 rings (SSSR count). The maximum Gasteiger partial charge on any atom is 0.323 e. The summed E-state index contributed by atoms with van der Waals surface area (Å²) in [6.45, 7) is 8.90.